The molecule has 0 saturated heterocycles. The average molecular weight is 390 g/mol. The molecule has 2 aromatic carbocycles. The van der Waals surface area contributed by atoms with Crippen molar-refractivity contribution in [3.63, 3.8) is 0 Å². The zero-order valence-corrected chi connectivity index (χ0v) is 15.9. The molecule has 0 fully saturated rings. The molecule has 0 aliphatic carbocycles. The van der Waals surface area contributed by atoms with E-state index in [1.165, 1.54) is 4.68 Å². The quantitative estimate of drug-likeness (QED) is 0.415. The van der Waals surface area contributed by atoms with Crippen molar-refractivity contribution in [3.05, 3.63) is 70.6 Å². The highest BCUT2D eigenvalue weighted by Gasteiger charge is 2.18. The molecule has 6 nitrogen and oxygen atoms in total. The molecular weight excluding hydrogens is 366 g/mol. The van der Waals surface area contributed by atoms with Gasteiger partial charge in [0.15, 0.2) is 0 Å². The van der Waals surface area contributed by atoms with Gasteiger partial charge in [0, 0.05) is 11.8 Å². The normalized spacial score (nSPS) is 13.1. The first-order chi connectivity index (χ1) is 12.6. The molecule has 0 aliphatic rings. The van der Waals surface area contributed by atoms with Gasteiger partial charge in [-0.25, -0.2) is 4.68 Å². The largest absolute Gasteiger partial charge is 1.00 e. The molecule has 1 aromatic heterocycles. The molecule has 2 atom stereocenters. The Hall–Kier alpha value is -2.41. The van der Waals surface area contributed by atoms with Crippen LogP contribution in [0.1, 0.15) is 25.0 Å². The number of nitrogens with two attached hydrogens (primary N) is 1. The third-order valence-electron chi connectivity index (χ3n) is 4.61. The van der Waals surface area contributed by atoms with Gasteiger partial charge in [-0.15, -0.1) is 0 Å². The molecule has 7 heteroatoms. The Balaban J connectivity index is 0.00000261. The van der Waals surface area contributed by atoms with Gasteiger partial charge < -0.3 is 27.9 Å². The minimum atomic E-state index is -0.614. The van der Waals surface area contributed by atoms with Crippen LogP contribution in [0.2, 0.25) is 0 Å². The Kier molecular flexibility index (Phi) is 7.36. The predicted octanol–water partition coefficient (Wildman–Crippen LogP) is -1.82. The minimum Gasteiger partial charge on any atom is -1.00 e. The maximum Gasteiger partial charge on any atom is 0.274 e. The standard InChI is InChI=1S/C20H23N3O3.ClH/c1-14(19(25)15-7-9-17(24)10-8-15)21-11-4-12-23-20(26)18-6-3-2-5-16(18)13-22-23;/h2-3,5-10,13-14,19,21,24-25H,4,11-12H2,1H3;1H. The monoisotopic (exact) mass is 389 g/mol. The molecule has 27 heavy (non-hydrogen) atoms. The van der Waals surface area contributed by atoms with Crippen molar-refractivity contribution in [1.29, 1.82) is 0 Å². The zero-order chi connectivity index (χ0) is 18.5. The van der Waals surface area contributed by atoms with E-state index in [1.54, 1.807) is 30.5 Å². The van der Waals surface area contributed by atoms with Crippen LogP contribution in [0, 0.1) is 0 Å². The number of aromatic hydroxyl groups is 1. The molecule has 0 aliphatic heterocycles. The molecule has 0 spiro atoms. The lowest BCUT2D eigenvalue weighted by atomic mass is 10.0. The van der Waals surface area contributed by atoms with Crippen molar-refractivity contribution in [1.82, 2.24) is 9.78 Å². The van der Waals surface area contributed by atoms with Crippen molar-refractivity contribution in [3.8, 4) is 5.75 Å². The number of hydrogen-bond acceptors (Lipinski definition) is 4. The Morgan fingerprint density at radius 2 is 1.85 bits per heavy atom. The second-order valence-electron chi connectivity index (χ2n) is 6.53. The topological polar surface area (TPSA) is 92.0 Å². The highest BCUT2D eigenvalue weighted by molar-refractivity contribution is 5.80. The predicted molar refractivity (Wildman–Crippen MR) is 99.9 cm³/mol. The fourth-order valence-corrected chi connectivity index (χ4v) is 3.01. The number of hydrogen-bond donors (Lipinski definition) is 3. The maximum atomic E-state index is 12.4. The molecule has 1 heterocycles. The molecule has 0 radical (unpaired) electrons. The van der Waals surface area contributed by atoms with E-state index >= 15 is 0 Å². The van der Waals surface area contributed by atoms with Crippen LogP contribution in [-0.2, 0) is 6.54 Å². The Morgan fingerprint density at radius 1 is 1.15 bits per heavy atom. The summed E-state index contributed by atoms with van der Waals surface area (Å²) in [5, 5.41) is 27.5. The zero-order valence-electron chi connectivity index (χ0n) is 15.1. The van der Waals surface area contributed by atoms with Crippen LogP contribution in [0.25, 0.3) is 10.8 Å². The van der Waals surface area contributed by atoms with Crippen LogP contribution in [0.15, 0.2) is 59.5 Å². The fourth-order valence-electron chi connectivity index (χ4n) is 3.01. The van der Waals surface area contributed by atoms with Crippen LogP contribution in [-0.4, -0.2) is 32.6 Å². The summed E-state index contributed by atoms with van der Waals surface area (Å²) in [6.45, 7) is 3.28. The number of fused-ring (bicyclic) bond motifs is 1. The van der Waals surface area contributed by atoms with Crippen LogP contribution in [0.5, 0.6) is 5.75 Å². The minimum absolute atomic E-state index is 0. The lowest BCUT2D eigenvalue weighted by Crippen LogP contribution is -3.00. The van der Waals surface area contributed by atoms with Gasteiger partial charge in [-0.2, -0.15) is 5.10 Å². The lowest BCUT2D eigenvalue weighted by Gasteiger charge is -2.18. The third-order valence-corrected chi connectivity index (χ3v) is 4.61. The van der Waals surface area contributed by atoms with Crippen LogP contribution >= 0.6 is 0 Å². The Morgan fingerprint density at radius 3 is 2.59 bits per heavy atom. The summed E-state index contributed by atoms with van der Waals surface area (Å²) >= 11 is 0. The van der Waals surface area contributed by atoms with E-state index in [0.29, 0.717) is 11.9 Å². The summed E-state index contributed by atoms with van der Waals surface area (Å²) in [7, 11) is 0. The molecule has 0 amide bonds. The second-order valence-corrected chi connectivity index (χ2v) is 6.53. The van der Waals surface area contributed by atoms with Crippen LogP contribution in [0.4, 0.5) is 0 Å². The van der Waals surface area contributed by atoms with Crippen LogP contribution in [0.3, 0.4) is 0 Å². The van der Waals surface area contributed by atoms with E-state index in [2.05, 4.69) is 10.4 Å². The first-order valence-corrected chi connectivity index (χ1v) is 8.81. The molecule has 0 saturated carbocycles. The van der Waals surface area contributed by atoms with Crippen molar-refractivity contribution in [2.75, 3.05) is 6.54 Å². The Labute approximate surface area is 163 Å². The number of nitrogens with zero attached hydrogens (tertiary/aromatic N) is 2. The van der Waals surface area contributed by atoms with Gasteiger partial charge in [0.25, 0.3) is 5.56 Å². The van der Waals surface area contributed by atoms with Gasteiger partial charge in [0.2, 0.25) is 0 Å². The summed E-state index contributed by atoms with van der Waals surface area (Å²) in [5.74, 6) is 0.186. The number of halogens is 1. The van der Waals surface area contributed by atoms with Gasteiger partial charge in [-0.1, -0.05) is 30.3 Å². The number of aromatic nitrogens is 2. The fraction of sp³-hybridized carbons (Fsp3) is 0.300. The van der Waals surface area contributed by atoms with Gasteiger partial charge >= 0.3 is 0 Å². The molecule has 4 N–H and O–H groups in total. The highest BCUT2D eigenvalue weighted by Crippen LogP contribution is 2.18. The summed E-state index contributed by atoms with van der Waals surface area (Å²) in [6.07, 6.45) is 1.88. The number of aliphatic hydroxyl groups is 1. The van der Waals surface area contributed by atoms with Crippen molar-refractivity contribution in [2.45, 2.75) is 32.0 Å². The van der Waals surface area contributed by atoms with E-state index in [9.17, 15) is 15.0 Å². The Bertz CT molecular complexity index is 928. The van der Waals surface area contributed by atoms with Gasteiger partial charge in [-0.05, 0) is 30.7 Å². The number of phenolic OH excluding ortho intramolecular Hbond substituents is 1. The molecular formula is C20H24ClN3O3. The summed E-state index contributed by atoms with van der Waals surface area (Å²) in [6, 6.07) is 14.0. The molecule has 0 bridgehead atoms. The van der Waals surface area contributed by atoms with Gasteiger partial charge in [-0.3, -0.25) is 4.79 Å². The summed E-state index contributed by atoms with van der Waals surface area (Å²) in [4.78, 5) is 12.4. The number of phenols is 1. The van der Waals surface area contributed by atoms with Gasteiger partial charge in [0.1, 0.15) is 17.9 Å². The number of benzene rings is 2. The van der Waals surface area contributed by atoms with E-state index in [0.717, 1.165) is 23.9 Å². The van der Waals surface area contributed by atoms with Gasteiger partial charge in [0.05, 0.1) is 24.7 Å². The van der Waals surface area contributed by atoms with Crippen molar-refractivity contribution >= 4 is 10.8 Å². The van der Waals surface area contributed by atoms with E-state index in [1.807, 2.05) is 31.2 Å². The van der Waals surface area contributed by atoms with E-state index in [-0.39, 0.29) is 29.8 Å². The smallest absolute Gasteiger partial charge is 0.274 e. The number of aliphatic hydroxyl groups excluding tert-OH is 1. The van der Waals surface area contributed by atoms with Crippen molar-refractivity contribution < 1.29 is 27.9 Å². The first-order valence-electron chi connectivity index (χ1n) is 8.81. The van der Waals surface area contributed by atoms with E-state index in [4.69, 9.17) is 0 Å². The van der Waals surface area contributed by atoms with Crippen LogP contribution < -0.4 is 23.3 Å². The summed E-state index contributed by atoms with van der Waals surface area (Å²) in [5.41, 5.74) is 0.708. The maximum absolute atomic E-state index is 12.4. The molecule has 3 rings (SSSR count). The molecule has 144 valence electrons. The van der Waals surface area contributed by atoms with E-state index < -0.39 is 6.10 Å². The SMILES string of the molecule is CC([NH2+]CCCn1ncc2ccccc2c1=O)C(O)c1ccc(O)cc1.[Cl-]. The number of rotatable bonds is 7. The number of quaternary nitrogens is 1. The second kappa shape index (κ2) is 9.50. The average Bonchev–Trinajstić information content (AvgIpc) is 2.67. The highest BCUT2D eigenvalue weighted by atomic mass is 35.5. The lowest BCUT2D eigenvalue weighted by molar-refractivity contribution is -0.694. The first kappa shape index (κ1) is 20.9. The summed E-state index contributed by atoms with van der Waals surface area (Å²) < 4.78 is 1.50. The number of aryl methyl sites for hydroxylation is 1. The molecule has 3 aromatic rings. The third kappa shape index (κ3) is 5.07. The van der Waals surface area contributed by atoms with Crippen molar-refractivity contribution in [2.24, 2.45) is 0 Å². The molecule has 2 unspecified atom stereocenters.